The summed E-state index contributed by atoms with van der Waals surface area (Å²) >= 11 is 0. The van der Waals surface area contributed by atoms with Crippen molar-refractivity contribution in [2.45, 2.75) is 57.2 Å². The molecule has 5 heteroatoms. The number of piperidine rings is 1. The Kier molecular flexibility index (Phi) is 7.05. The van der Waals surface area contributed by atoms with Gasteiger partial charge in [0.2, 0.25) is 0 Å². The molecular formula is C30H34N2O3. The van der Waals surface area contributed by atoms with Crippen LogP contribution in [0.4, 0.5) is 0 Å². The molecule has 5 rings (SSSR count). The second kappa shape index (κ2) is 10.5. The molecule has 182 valence electrons. The highest BCUT2D eigenvalue weighted by Gasteiger charge is 2.31. The van der Waals surface area contributed by atoms with E-state index < -0.39 is 0 Å². The number of phenolic OH excluding ortho intramolecular Hbond substituents is 1. The Bertz CT molecular complexity index is 1140. The van der Waals surface area contributed by atoms with Gasteiger partial charge in [0.1, 0.15) is 17.6 Å². The SMILES string of the molecule is CC(Oc1ccc(CC2c3ccc(O)cc3CCN2C(=O)c2ccccc2)cc1)C1CCCCN1. The number of hydrogen-bond acceptors (Lipinski definition) is 4. The first-order valence-electron chi connectivity index (χ1n) is 12.8. The van der Waals surface area contributed by atoms with E-state index in [4.69, 9.17) is 4.74 Å². The van der Waals surface area contributed by atoms with Crippen LogP contribution >= 0.6 is 0 Å². The zero-order valence-corrected chi connectivity index (χ0v) is 20.3. The lowest BCUT2D eigenvalue weighted by Crippen LogP contribution is -2.44. The van der Waals surface area contributed by atoms with E-state index in [2.05, 4.69) is 24.4 Å². The summed E-state index contributed by atoms with van der Waals surface area (Å²) in [5, 5.41) is 13.6. The van der Waals surface area contributed by atoms with E-state index in [0.29, 0.717) is 24.6 Å². The molecule has 0 radical (unpaired) electrons. The van der Waals surface area contributed by atoms with Crippen LogP contribution in [-0.2, 0) is 12.8 Å². The second-order valence-electron chi connectivity index (χ2n) is 9.74. The largest absolute Gasteiger partial charge is 0.508 e. The molecule has 2 aliphatic heterocycles. The molecular weight excluding hydrogens is 436 g/mol. The number of hydrogen-bond donors (Lipinski definition) is 2. The summed E-state index contributed by atoms with van der Waals surface area (Å²) in [6, 6.07) is 23.6. The quantitative estimate of drug-likeness (QED) is 0.514. The number of nitrogens with zero attached hydrogens (tertiary/aromatic N) is 1. The molecule has 1 fully saturated rings. The molecule has 3 unspecified atom stereocenters. The van der Waals surface area contributed by atoms with E-state index in [9.17, 15) is 9.90 Å². The maximum atomic E-state index is 13.5. The van der Waals surface area contributed by atoms with Gasteiger partial charge in [0, 0.05) is 18.2 Å². The molecule has 0 bridgehead atoms. The van der Waals surface area contributed by atoms with Crippen LogP contribution in [0.3, 0.4) is 0 Å². The minimum absolute atomic E-state index is 0.0445. The Balaban J connectivity index is 1.35. The summed E-state index contributed by atoms with van der Waals surface area (Å²) in [4.78, 5) is 15.4. The average Bonchev–Trinajstić information content (AvgIpc) is 2.90. The first-order valence-corrected chi connectivity index (χ1v) is 12.8. The highest BCUT2D eigenvalue weighted by atomic mass is 16.5. The van der Waals surface area contributed by atoms with Crippen molar-refractivity contribution in [3.63, 3.8) is 0 Å². The summed E-state index contributed by atoms with van der Waals surface area (Å²) in [7, 11) is 0. The van der Waals surface area contributed by atoms with Crippen LogP contribution in [0.1, 0.15) is 59.3 Å². The standard InChI is InChI=1S/C30H34N2O3/c1-21(28-9-5-6-17-31-28)35-26-13-10-22(11-14-26)19-29-27-15-12-25(33)20-24(27)16-18-32(29)30(34)23-7-3-2-4-8-23/h2-4,7-8,10-15,20-21,28-29,31,33H,5-6,9,16-19H2,1H3. The van der Waals surface area contributed by atoms with Gasteiger partial charge < -0.3 is 20.1 Å². The van der Waals surface area contributed by atoms with Crippen molar-refractivity contribution in [3.8, 4) is 11.5 Å². The van der Waals surface area contributed by atoms with E-state index in [-0.39, 0.29) is 23.8 Å². The van der Waals surface area contributed by atoms with Gasteiger partial charge in [-0.1, -0.05) is 42.8 Å². The van der Waals surface area contributed by atoms with Crippen LogP contribution in [0.25, 0.3) is 0 Å². The lowest BCUT2D eigenvalue weighted by molar-refractivity contribution is 0.0660. The van der Waals surface area contributed by atoms with Crippen molar-refractivity contribution in [1.82, 2.24) is 10.2 Å². The molecule has 2 aliphatic rings. The predicted octanol–water partition coefficient (Wildman–Crippen LogP) is 5.28. The highest BCUT2D eigenvalue weighted by Crippen LogP contribution is 2.35. The molecule has 3 aromatic carbocycles. The molecule has 0 spiro atoms. The third kappa shape index (κ3) is 5.35. The third-order valence-electron chi connectivity index (χ3n) is 7.35. The third-order valence-corrected chi connectivity index (χ3v) is 7.35. The van der Waals surface area contributed by atoms with Gasteiger partial charge in [-0.3, -0.25) is 4.79 Å². The number of rotatable bonds is 6. The number of carbonyl (C=O) groups excluding carboxylic acids is 1. The van der Waals surface area contributed by atoms with E-state index in [1.165, 1.54) is 12.8 Å². The minimum atomic E-state index is -0.0933. The monoisotopic (exact) mass is 470 g/mol. The van der Waals surface area contributed by atoms with Gasteiger partial charge in [-0.25, -0.2) is 0 Å². The van der Waals surface area contributed by atoms with Gasteiger partial charge in [-0.2, -0.15) is 0 Å². The van der Waals surface area contributed by atoms with E-state index in [1.807, 2.05) is 59.5 Å². The summed E-state index contributed by atoms with van der Waals surface area (Å²) in [5.74, 6) is 1.19. The first kappa shape index (κ1) is 23.4. The van der Waals surface area contributed by atoms with Crippen LogP contribution in [0, 0.1) is 0 Å². The first-order chi connectivity index (χ1) is 17.1. The number of ether oxygens (including phenoxy) is 1. The van der Waals surface area contributed by atoms with Crippen molar-refractivity contribution < 1.29 is 14.6 Å². The van der Waals surface area contributed by atoms with Crippen LogP contribution in [0.15, 0.2) is 72.8 Å². The minimum Gasteiger partial charge on any atom is -0.508 e. The fourth-order valence-corrected chi connectivity index (χ4v) is 5.41. The van der Waals surface area contributed by atoms with Gasteiger partial charge in [-0.05, 0) is 92.2 Å². The highest BCUT2D eigenvalue weighted by molar-refractivity contribution is 5.94. The fraction of sp³-hybridized carbons (Fsp3) is 0.367. The Morgan fingerprint density at radius 1 is 1.09 bits per heavy atom. The van der Waals surface area contributed by atoms with E-state index in [1.54, 1.807) is 6.07 Å². The van der Waals surface area contributed by atoms with E-state index in [0.717, 1.165) is 41.8 Å². The van der Waals surface area contributed by atoms with Gasteiger partial charge in [0.25, 0.3) is 5.91 Å². The van der Waals surface area contributed by atoms with Gasteiger partial charge in [0.15, 0.2) is 0 Å². The van der Waals surface area contributed by atoms with Crippen LogP contribution < -0.4 is 10.1 Å². The second-order valence-corrected chi connectivity index (χ2v) is 9.74. The lowest BCUT2D eigenvalue weighted by Gasteiger charge is -2.38. The van der Waals surface area contributed by atoms with E-state index >= 15 is 0 Å². The molecule has 2 heterocycles. The van der Waals surface area contributed by atoms with Crippen molar-refractivity contribution in [1.29, 1.82) is 0 Å². The Morgan fingerprint density at radius 2 is 1.89 bits per heavy atom. The molecule has 0 saturated carbocycles. The van der Waals surface area contributed by atoms with Crippen molar-refractivity contribution in [3.05, 3.63) is 95.1 Å². The number of benzene rings is 3. The molecule has 3 aromatic rings. The Labute approximate surface area is 207 Å². The Hall–Kier alpha value is -3.31. The number of fused-ring (bicyclic) bond motifs is 1. The normalized spacial score (nSPS) is 20.7. The topological polar surface area (TPSA) is 61.8 Å². The molecule has 2 N–H and O–H groups in total. The molecule has 3 atom stereocenters. The lowest BCUT2D eigenvalue weighted by atomic mass is 9.88. The summed E-state index contributed by atoms with van der Waals surface area (Å²) in [6.45, 7) is 3.83. The summed E-state index contributed by atoms with van der Waals surface area (Å²) in [6.07, 6.45) is 5.21. The summed E-state index contributed by atoms with van der Waals surface area (Å²) in [5.41, 5.74) is 4.07. The van der Waals surface area contributed by atoms with Crippen molar-refractivity contribution in [2.24, 2.45) is 0 Å². The Morgan fingerprint density at radius 3 is 2.63 bits per heavy atom. The fourth-order valence-electron chi connectivity index (χ4n) is 5.41. The van der Waals surface area contributed by atoms with Crippen LogP contribution in [0.2, 0.25) is 0 Å². The summed E-state index contributed by atoms with van der Waals surface area (Å²) < 4.78 is 6.23. The van der Waals surface area contributed by atoms with Crippen LogP contribution in [0.5, 0.6) is 11.5 Å². The number of carbonyl (C=O) groups is 1. The number of amides is 1. The predicted molar refractivity (Wildman–Crippen MR) is 138 cm³/mol. The molecule has 0 aromatic heterocycles. The van der Waals surface area contributed by atoms with Gasteiger partial charge in [-0.15, -0.1) is 0 Å². The van der Waals surface area contributed by atoms with Gasteiger partial charge in [0.05, 0.1) is 6.04 Å². The zero-order chi connectivity index (χ0) is 24.2. The zero-order valence-electron chi connectivity index (χ0n) is 20.3. The number of phenols is 1. The van der Waals surface area contributed by atoms with Crippen LogP contribution in [-0.4, -0.2) is 41.1 Å². The smallest absolute Gasteiger partial charge is 0.254 e. The number of aromatic hydroxyl groups is 1. The molecule has 35 heavy (non-hydrogen) atoms. The average molecular weight is 471 g/mol. The maximum absolute atomic E-state index is 13.5. The maximum Gasteiger partial charge on any atom is 0.254 e. The molecule has 0 aliphatic carbocycles. The van der Waals surface area contributed by atoms with Crippen molar-refractivity contribution >= 4 is 5.91 Å². The molecule has 1 amide bonds. The molecule has 1 saturated heterocycles. The van der Waals surface area contributed by atoms with Gasteiger partial charge >= 0.3 is 0 Å². The molecule has 5 nitrogen and oxygen atoms in total. The van der Waals surface area contributed by atoms with Crippen molar-refractivity contribution in [2.75, 3.05) is 13.1 Å². The number of nitrogens with one attached hydrogen (secondary N) is 1.